The van der Waals surface area contributed by atoms with Crippen molar-refractivity contribution in [3.8, 4) is 0 Å². The predicted octanol–water partition coefficient (Wildman–Crippen LogP) is 7.88. The van der Waals surface area contributed by atoms with E-state index >= 15 is 0 Å². The normalized spacial score (nSPS) is 12.9. The van der Waals surface area contributed by atoms with Crippen LogP contribution in [0.1, 0.15) is 64.5 Å². The van der Waals surface area contributed by atoms with Gasteiger partial charge in [0, 0.05) is 34.7 Å². The molecular formula is C31H29F6N11OS2. The molecule has 0 aliphatic rings. The molecule has 0 aliphatic heterocycles. The van der Waals surface area contributed by atoms with Crippen LogP contribution in [0.4, 0.5) is 48.0 Å². The van der Waals surface area contributed by atoms with E-state index in [1.165, 1.54) is 34.8 Å². The molecule has 12 nitrogen and oxygen atoms in total. The lowest BCUT2D eigenvalue weighted by molar-refractivity contribution is -0.141. The zero-order valence-corrected chi connectivity index (χ0v) is 28.5. The summed E-state index contributed by atoms with van der Waals surface area (Å²) < 4.78 is 76.8. The second-order valence-corrected chi connectivity index (χ2v) is 12.9. The van der Waals surface area contributed by atoms with Crippen molar-refractivity contribution in [2.24, 2.45) is 5.73 Å². The van der Waals surface area contributed by atoms with Gasteiger partial charge in [-0.3, -0.25) is 4.79 Å². The van der Waals surface area contributed by atoms with Crippen LogP contribution in [0.3, 0.4) is 0 Å². The average molecular weight is 750 g/mol. The Kier molecular flexibility index (Phi) is 11.2. The lowest BCUT2D eigenvalue weighted by Gasteiger charge is -2.11. The van der Waals surface area contributed by atoms with E-state index in [4.69, 9.17) is 5.73 Å². The molecule has 0 fully saturated rings. The Bertz CT molecular complexity index is 2070. The number of hydrogen-bond donors (Lipinski definition) is 4. The third kappa shape index (κ3) is 9.52. The van der Waals surface area contributed by atoms with Gasteiger partial charge in [0.1, 0.15) is 22.6 Å². The zero-order valence-electron chi connectivity index (χ0n) is 26.9. The van der Waals surface area contributed by atoms with Crippen molar-refractivity contribution in [2.45, 2.75) is 51.8 Å². The van der Waals surface area contributed by atoms with Gasteiger partial charge in [-0.05, 0) is 51.1 Å². The number of rotatable bonds is 9. The summed E-state index contributed by atoms with van der Waals surface area (Å²) in [7, 11) is 0. The van der Waals surface area contributed by atoms with Gasteiger partial charge in [-0.1, -0.05) is 11.3 Å². The Morgan fingerprint density at radius 3 is 1.80 bits per heavy atom. The maximum Gasteiger partial charge on any atom is 0.433 e. The molecule has 6 aromatic heterocycles. The molecule has 6 aromatic rings. The number of carbonyl (C=O) groups is 1. The van der Waals surface area contributed by atoms with Crippen LogP contribution in [0.25, 0.3) is 11.0 Å². The molecule has 0 saturated heterocycles. The van der Waals surface area contributed by atoms with Gasteiger partial charge in [0.15, 0.2) is 10.3 Å². The van der Waals surface area contributed by atoms with Crippen molar-refractivity contribution < 1.29 is 31.1 Å². The van der Waals surface area contributed by atoms with Gasteiger partial charge in [-0.15, -0.1) is 11.3 Å². The number of nitrogens with two attached hydrogens (primary N) is 1. The van der Waals surface area contributed by atoms with E-state index < -0.39 is 23.7 Å². The lowest BCUT2D eigenvalue weighted by atomic mass is 10.2. The van der Waals surface area contributed by atoms with Crippen LogP contribution in [0.5, 0.6) is 0 Å². The summed E-state index contributed by atoms with van der Waals surface area (Å²) in [6.45, 7) is 6.35. The van der Waals surface area contributed by atoms with Gasteiger partial charge in [-0.25, -0.2) is 29.9 Å². The third-order valence-corrected chi connectivity index (χ3v) is 9.17. The first kappa shape index (κ1) is 37.1. The highest BCUT2D eigenvalue weighted by molar-refractivity contribution is 7.16. The summed E-state index contributed by atoms with van der Waals surface area (Å²) in [6, 6.07) is 5.63. The maximum absolute atomic E-state index is 12.7. The van der Waals surface area contributed by atoms with Crippen LogP contribution in [0.2, 0.25) is 0 Å². The van der Waals surface area contributed by atoms with Crippen molar-refractivity contribution in [1.82, 2.24) is 39.8 Å². The number of halogens is 6. The van der Waals surface area contributed by atoms with Crippen molar-refractivity contribution in [1.29, 1.82) is 0 Å². The SMILES string of the molecule is CC(N)c1cnc(Nc2ccc(C(F)(F)F)nc2)s1.CCn1cnc2cnc(C(=O)NC(C)c3cnc(Nc4ccc(C(F)(F)F)nc4)s3)cc21. The number of nitrogens with zero attached hydrogens (tertiary/aromatic N) is 7. The number of pyridine rings is 3. The first-order valence-corrected chi connectivity index (χ1v) is 16.6. The van der Waals surface area contributed by atoms with Gasteiger partial charge in [-0.2, -0.15) is 26.3 Å². The number of thiazole rings is 2. The quantitative estimate of drug-likeness (QED) is 0.107. The minimum atomic E-state index is -4.49. The van der Waals surface area contributed by atoms with Crippen LogP contribution < -0.4 is 21.7 Å². The summed E-state index contributed by atoms with van der Waals surface area (Å²) in [4.78, 5) is 37.8. The predicted molar refractivity (Wildman–Crippen MR) is 181 cm³/mol. The van der Waals surface area contributed by atoms with E-state index in [0.717, 1.165) is 46.3 Å². The molecule has 0 aliphatic carbocycles. The number of alkyl halides is 6. The number of imidazole rings is 1. The molecule has 0 aromatic carbocycles. The molecule has 20 heteroatoms. The first-order valence-electron chi connectivity index (χ1n) is 15.0. The highest BCUT2D eigenvalue weighted by Gasteiger charge is 2.33. The number of nitrogens with one attached hydrogen (secondary N) is 3. The Morgan fingerprint density at radius 2 is 1.33 bits per heavy atom. The summed E-state index contributed by atoms with van der Waals surface area (Å²) in [6.07, 6.45) is -0.207. The topological polar surface area (TPSA) is 161 Å². The van der Waals surface area contributed by atoms with Crippen LogP contribution >= 0.6 is 22.7 Å². The van der Waals surface area contributed by atoms with Crippen molar-refractivity contribution in [3.63, 3.8) is 0 Å². The summed E-state index contributed by atoms with van der Waals surface area (Å²) in [5.41, 5.74) is 6.44. The van der Waals surface area contributed by atoms with E-state index in [9.17, 15) is 31.1 Å². The molecule has 2 atom stereocenters. The van der Waals surface area contributed by atoms with Crippen LogP contribution in [-0.4, -0.2) is 40.4 Å². The summed E-state index contributed by atoms with van der Waals surface area (Å²) in [5.74, 6) is -0.335. The zero-order chi connectivity index (χ0) is 36.9. The third-order valence-electron chi connectivity index (χ3n) is 6.96. The van der Waals surface area contributed by atoms with Gasteiger partial charge < -0.3 is 26.3 Å². The molecular weight excluding hydrogens is 721 g/mol. The molecule has 6 rings (SSSR count). The van der Waals surface area contributed by atoms with Gasteiger partial charge in [0.2, 0.25) is 0 Å². The number of anilines is 4. The number of amides is 1. The minimum Gasteiger partial charge on any atom is -0.343 e. The van der Waals surface area contributed by atoms with Crippen LogP contribution in [0, 0.1) is 0 Å². The molecule has 0 bridgehead atoms. The fourth-order valence-electron chi connectivity index (χ4n) is 4.30. The molecule has 1 amide bonds. The van der Waals surface area contributed by atoms with Gasteiger partial charge in [0.05, 0.1) is 47.9 Å². The van der Waals surface area contributed by atoms with E-state index in [-0.39, 0.29) is 23.7 Å². The largest absolute Gasteiger partial charge is 0.433 e. The second-order valence-electron chi connectivity index (χ2n) is 10.8. The number of fused-ring (bicyclic) bond motifs is 1. The van der Waals surface area contributed by atoms with E-state index in [1.54, 1.807) is 31.0 Å². The number of hydrogen-bond acceptors (Lipinski definition) is 12. The highest BCUT2D eigenvalue weighted by atomic mass is 32.1. The molecule has 2 unspecified atom stereocenters. The van der Waals surface area contributed by atoms with E-state index in [2.05, 4.69) is 45.9 Å². The van der Waals surface area contributed by atoms with Gasteiger partial charge >= 0.3 is 12.4 Å². The smallest absolute Gasteiger partial charge is 0.343 e. The van der Waals surface area contributed by atoms with Gasteiger partial charge in [0.25, 0.3) is 5.91 Å². The monoisotopic (exact) mass is 749 g/mol. The minimum absolute atomic E-state index is 0.126. The molecule has 51 heavy (non-hydrogen) atoms. The lowest BCUT2D eigenvalue weighted by Crippen LogP contribution is -2.26. The van der Waals surface area contributed by atoms with E-state index in [0.29, 0.717) is 27.2 Å². The fourth-order valence-corrected chi connectivity index (χ4v) is 5.92. The van der Waals surface area contributed by atoms with Crippen molar-refractivity contribution >= 4 is 61.3 Å². The average Bonchev–Trinajstić information content (AvgIpc) is 3.85. The molecule has 0 radical (unpaired) electrons. The fraction of sp³-hybridized carbons (Fsp3) is 0.258. The summed E-state index contributed by atoms with van der Waals surface area (Å²) in [5, 5.41) is 9.71. The van der Waals surface area contributed by atoms with Crippen LogP contribution in [0.15, 0.2) is 67.6 Å². The molecule has 268 valence electrons. The molecule has 0 saturated carbocycles. The molecule has 6 heterocycles. The number of carbonyl (C=O) groups excluding carboxylic acids is 1. The highest BCUT2D eigenvalue weighted by Crippen LogP contribution is 2.31. The van der Waals surface area contributed by atoms with Crippen LogP contribution in [-0.2, 0) is 18.9 Å². The van der Waals surface area contributed by atoms with Crippen molar-refractivity contribution in [3.05, 3.63) is 94.5 Å². The Labute approximate surface area is 294 Å². The number of aryl methyl sites for hydroxylation is 1. The standard InChI is InChI=1S/C20H18F3N7OS.C11H11F3N4S/c1-3-30-10-27-14-8-24-13(6-15(14)30)18(31)28-11(2)16-9-26-19(32-16)29-12-4-5-17(25-7-12)20(21,22)23;1-6(15)8-5-17-10(19-8)18-7-2-3-9(16-4-7)11(12,13)14/h4-11H,3H2,1-2H3,(H,26,29)(H,28,31);2-6H,15H2,1H3,(H,17,18). The second kappa shape index (κ2) is 15.4. The van der Waals surface area contributed by atoms with E-state index in [1.807, 2.05) is 25.3 Å². The molecule has 0 spiro atoms. The Morgan fingerprint density at radius 1 is 0.784 bits per heavy atom. The summed E-state index contributed by atoms with van der Waals surface area (Å²) >= 11 is 2.62. The maximum atomic E-state index is 12.7. The Hall–Kier alpha value is -5.21. The molecule has 5 N–H and O–H groups in total. The number of aromatic nitrogens is 7. The van der Waals surface area contributed by atoms with Crippen molar-refractivity contribution in [2.75, 3.05) is 10.6 Å². The Balaban J connectivity index is 0.000000226. The first-order chi connectivity index (χ1) is 24.1.